The van der Waals surface area contributed by atoms with E-state index in [0.29, 0.717) is 23.7 Å². The summed E-state index contributed by atoms with van der Waals surface area (Å²) in [5.41, 5.74) is 2.05. The molecule has 3 aromatic rings. The average molecular weight is 454 g/mol. The van der Waals surface area contributed by atoms with E-state index in [9.17, 15) is 4.79 Å². The molecule has 2 N–H and O–H groups in total. The number of aromatic nitrogens is 3. The van der Waals surface area contributed by atoms with Gasteiger partial charge in [-0.3, -0.25) is 19.4 Å². The van der Waals surface area contributed by atoms with Crippen LogP contribution in [-0.4, -0.2) is 51.8 Å². The van der Waals surface area contributed by atoms with E-state index in [0.717, 1.165) is 24.4 Å². The molecule has 0 spiro atoms. The molecule has 7 nitrogen and oxygen atoms in total. The molecular formula is C24H31N5O2S. The minimum atomic E-state index is -0.109. The van der Waals surface area contributed by atoms with Crippen LogP contribution in [-0.2, 0) is 11.3 Å². The Morgan fingerprint density at radius 3 is 2.44 bits per heavy atom. The maximum Gasteiger partial charge on any atom is 0.240 e. The van der Waals surface area contributed by atoms with Crippen molar-refractivity contribution < 1.29 is 9.53 Å². The minimum absolute atomic E-state index is 0.0949. The lowest BCUT2D eigenvalue weighted by Gasteiger charge is -2.30. The average Bonchev–Trinajstić information content (AvgIpc) is 3.18. The van der Waals surface area contributed by atoms with E-state index in [4.69, 9.17) is 17.0 Å². The third kappa shape index (κ3) is 5.83. The number of ether oxygens (including phenoxy) is 1. The molecule has 0 aliphatic heterocycles. The summed E-state index contributed by atoms with van der Waals surface area (Å²) < 4.78 is 7.63. The predicted octanol–water partition coefficient (Wildman–Crippen LogP) is 4.21. The maximum atomic E-state index is 12.9. The number of nitrogens with one attached hydrogen (secondary N) is 2. The van der Waals surface area contributed by atoms with Crippen LogP contribution in [0.25, 0.3) is 11.4 Å². The Kier molecular flexibility index (Phi) is 8.58. The lowest BCUT2D eigenvalue weighted by Crippen LogP contribution is -2.39. The van der Waals surface area contributed by atoms with Crippen LogP contribution in [0, 0.1) is 4.77 Å². The Morgan fingerprint density at radius 2 is 1.81 bits per heavy atom. The van der Waals surface area contributed by atoms with Crippen molar-refractivity contribution in [3.05, 3.63) is 64.9 Å². The molecule has 1 aromatic heterocycles. The SMILES string of the molecule is CCOc1ccc(-c2n[nH]c(=S)n2CC(=O)NC[C@@H](c2ccccc2)N(CC)CC)cc1. The molecule has 1 atom stereocenters. The first kappa shape index (κ1) is 23.7. The van der Waals surface area contributed by atoms with E-state index < -0.39 is 0 Å². The summed E-state index contributed by atoms with van der Waals surface area (Å²) in [5.74, 6) is 1.30. The number of hydrogen-bond donors (Lipinski definition) is 2. The topological polar surface area (TPSA) is 75.2 Å². The lowest BCUT2D eigenvalue weighted by atomic mass is 10.1. The van der Waals surface area contributed by atoms with Crippen LogP contribution in [0.3, 0.4) is 0 Å². The summed E-state index contributed by atoms with van der Waals surface area (Å²) >= 11 is 5.38. The van der Waals surface area contributed by atoms with E-state index in [-0.39, 0.29) is 18.5 Å². The van der Waals surface area contributed by atoms with E-state index in [1.165, 1.54) is 5.56 Å². The van der Waals surface area contributed by atoms with Crippen LogP contribution in [0.5, 0.6) is 5.75 Å². The number of H-pyrrole nitrogens is 1. The molecule has 170 valence electrons. The summed E-state index contributed by atoms with van der Waals surface area (Å²) in [7, 11) is 0. The highest BCUT2D eigenvalue weighted by molar-refractivity contribution is 7.71. The number of nitrogens with zero attached hydrogens (tertiary/aromatic N) is 3. The molecule has 2 aromatic carbocycles. The summed E-state index contributed by atoms with van der Waals surface area (Å²) in [6, 6.07) is 18.0. The van der Waals surface area contributed by atoms with Crippen LogP contribution in [0.15, 0.2) is 54.6 Å². The zero-order chi connectivity index (χ0) is 22.9. The summed E-state index contributed by atoms with van der Waals surface area (Å²) in [6.07, 6.45) is 0. The summed E-state index contributed by atoms with van der Waals surface area (Å²) in [6.45, 7) is 9.24. The van der Waals surface area contributed by atoms with Crippen LogP contribution >= 0.6 is 12.2 Å². The first-order valence-corrected chi connectivity index (χ1v) is 11.4. The number of benzene rings is 2. The van der Waals surface area contributed by atoms with Gasteiger partial charge < -0.3 is 10.1 Å². The molecule has 0 unspecified atom stereocenters. The van der Waals surface area contributed by atoms with E-state index in [1.807, 2.05) is 49.4 Å². The maximum absolute atomic E-state index is 12.9. The third-order valence-electron chi connectivity index (χ3n) is 5.41. The van der Waals surface area contributed by atoms with Gasteiger partial charge in [0.05, 0.1) is 12.6 Å². The number of amides is 1. The molecule has 32 heavy (non-hydrogen) atoms. The molecule has 0 fully saturated rings. The summed E-state index contributed by atoms with van der Waals surface area (Å²) in [4.78, 5) is 15.2. The van der Waals surface area contributed by atoms with Crippen molar-refractivity contribution >= 4 is 18.1 Å². The minimum Gasteiger partial charge on any atom is -0.494 e. The van der Waals surface area contributed by atoms with Gasteiger partial charge in [-0.05, 0) is 62.1 Å². The largest absolute Gasteiger partial charge is 0.494 e. The van der Waals surface area contributed by atoms with Crippen molar-refractivity contribution in [3.8, 4) is 17.1 Å². The van der Waals surface area contributed by atoms with Crippen molar-refractivity contribution in [3.63, 3.8) is 0 Å². The zero-order valence-electron chi connectivity index (χ0n) is 18.9. The molecule has 1 heterocycles. The van der Waals surface area contributed by atoms with Crippen molar-refractivity contribution in [2.24, 2.45) is 0 Å². The van der Waals surface area contributed by atoms with E-state index in [2.05, 4.69) is 46.4 Å². The summed E-state index contributed by atoms with van der Waals surface area (Å²) in [5, 5.41) is 10.2. The normalized spacial score (nSPS) is 12.0. The first-order chi connectivity index (χ1) is 15.6. The molecule has 0 aliphatic rings. The Morgan fingerprint density at radius 1 is 1.12 bits per heavy atom. The van der Waals surface area contributed by atoms with Gasteiger partial charge in [0, 0.05) is 12.1 Å². The van der Waals surface area contributed by atoms with Crippen LogP contribution in [0.2, 0.25) is 0 Å². The van der Waals surface area contributed by atoms with Crippen molar-refractivity contribution in [2.45, 2.75) is 33.4 Å². The monoisotopic (exact) mass is 453 g/mol. The van der Waals surface area contributed by atoms with E-state index in [1.54, 1.807) is 4.57 Å². The van der Waals surface area contributed by atoms with Gasteiger partial charge in [-0.25, -0.2) is 0 Å². The molecule has 8 heteroatoms. The molecule has 0 saturated heterocycles. The fourth-order valence-corrected chi connectivity index (χ4v) is 3.96. The number of carbonyl (C=O) groups is 1. The molecule has 0 radical (unpaired) electrons. The zero-order valence-corrected chi connectivity index (χ0v) is 19.7. The van der Waals surface area contributed by atoms with Gasteiger partial charge in [0.25, 0.3) is 0 Å². The number of likely N-dealkylation sites (N-methyl/N-ethyl adjacent to an activating group) is 1. The van der Waals surface area contributed by atoms with Gasteiger partial charge in [0.2, 0.25) is 5.91 Å². The molecule has 0 saturated carbocycles. The number of hydrogen-bond acceptors (Lipinski definition) is 5. The van der Waals surface area contributed by atoms with Gasteiger partial charge in [-0.1, -0.05) is 44.2 Å². The van der Waals surface area contributed by atoms with E-state index >= 15 is 0 Å². The Balaban J connectivity index is 1.72. The first-order valence-electron chi connectivity index (χ1n) is 11.0. The molecule has 3 rings (SSSR count). The lowest BCUT2D eigenvalue weighted by molar-refractivity contribution is -0.121. The van der Waals surface area contributed by atoms with Crippen molar-refractivity contribution in [1.29, 1.82) is 0 Å². The number of carbonyl (C=O) groups excluding carboxylic acids is 1. The highest BCUT2D eigenvalue weighted by Crippen LogP contribution is 2.22. The highest BCUT2D eigenvalue weighted by atomic mass is 32.1. The fraction of sp³-hybridized carbons (Fsp3) is 0.375. The van der Waals surface area contributed by atoms with Crippen LogP contribution in [0.4, 0.5) is 0 Å². The Hall–Kier alpha value is -2.97. The quantitative estimate of drug-likeness (QED) is 0.426. The molecule has 0 aliphatic carbocycles. The third-order valence-corrected chi connectivity index (χ3v) is 5.73. The molecular weight excluding hydrogens is 422 g/mol. The van der Waals surface area contributed by atoms with Crippen molar-refractivity contribution in [1.82, 2.24) is 25.0 Å². The fourth-order valence-electron chi connectivity index (χ4n) is 3.76. The number of aromatic amines is 1. The number of rotatable bonds is 11. The predicted molar refractivity (Wildman–Crippen MR) is 129 cm³/mol. The standard InChI is InChI=1S/C24H31N5O2S/c1-4-28(5-2)21(18-10-8-7-9-11-18)16-25-22(30)17-29-23(26-27-24(29)32)19-12-14-20(15-13-19)31-6-3/h7-15,21H,4-6,16-17H2,1-3H3,(H,25,30)(H,27,32)/t21-/m0/s1. The Labute approximate surface area is 194 Å². The second-order valence-corrected chi connectivity index (χ2v) is 7.73. The van der Waals surface area contributed by atoms with Gasteiger partial charge in [0.1, 0.15) is 12.3 Å². The smallest absolute Gasteiger partial charge is 0.240 e. The van der Waals surface area contributed by atoms with Crippen LogP contribution in [0.1, 0.15) is 32.4 Å². The van der Waals surface area contributed by atoms with Crippen molar-refractivity contribution in [2.75, 3.05) is 26.2 Å². The second-order valence-electron chi connectivity index (χ2n) is 7.35. The van der Waals surface area contributed by atoms with Crippen LogP contribution < -0.4 is 10.1 Å². The molecule has 1 amide bonds. The van der Waals surface area contributed by atoms with Gasteiger partial charge in [-0.2, -0.15) is 5.10 Å². The Bertz CT molecular complexity index is 1040. The van der Waals surface area contributed by atoms with Gasteiger partial charge in [-0.15, -0.1) is 0 Å². The second kappa shape index (κ2) is 11.6. The van der Waals surface area contributed by atoms with Gasteiger partial charge in [0.15, 0.2) is 10.6 Å². The molecule has 0 bridgehead atoms. The van der Waals surface area contributed by atoms with Gasteiger partial charge >= 0.3 is 0 Å². The highest BCUT2D eigenvalue weighted by Gasteiger charge is 2.19.